The molecule has 0 fully saturated rings. The van der Waals surface area contributed by atoms with Crippen LogP contribution in [0.2, 0.25) is 0 Å². The molecule has 1 amide bonds. The average Bonchev–Trinajstić information content (AvgIpc) is 3.19. The van der Waals surface area contributed by atoms with Crippen LogP contribution in [0.1, 0.15) is 0 Å². The van der Waals surface area contributed by atoms with Crippen molar-refractivity contribution in [1.29, 1.82) is 0 Å². The maximum atomic E-state index is 11.8. The number of aryl methyl sites for hydroxylation is 1. The number of nitrogens with zero attached hydrogens (tertiary/aromatic N) is 6. The highest BCUT2D eigenvalue weighted by molar-refractivity contribution is 5.75. The van der Waals surface area contributed by atoms with Crippen molar-refractivity contribution in [2.45, 2.75) is 12.6 Å². The summed E-state index contributed by atoms with van der Waals surface area (Å²) in [6.07, 6.45) is 5.74. The fourth-order valence-electron chi connectivity index (χ4n) is 2.15. The number of aromatic nitrogens is 6. The van der Waals surface area contributed by atoms with E-state index in [1.807, 2.05) is 0 Å². The second kappa shape index (κ2) is 7.13. The summed E-state index contributed by atoms with van der Waals surface area (Å²) < 4.78 is 4.08. The fourth-order valence-corrected chi connectivity index (χ4v) is 2.15. The first-order valence-corrected chi connectivity index (χ1v) is 7.60. The fraction of sp³-hybridized carbons (Fsp3) is 0.357. The summed E-state index contributed by atoms with van der Waals surface area (Å²) in [6, 6.07) is 1.76. The van der Waals surface area contributed by atoms with Gasteiger partial charge in [-0.15, -0.1) is 0 Å². The molecule has 0 saturated heterocycles. The third-order valence-corrected chi connectivity index (χ3v) is 3.50. The minimum atomic E-state index is -0.817. The van der Waals surface area contributed by atoms with Gasteiger partial charge in [0.05, 0.1) is 6.10 Å². The molecule has 3 heterocycles. The molecule has 132 valence electrons. The Kier molecular flexibility index (Phi) is 4.75. The van der Waals surface area contributed by atoms with Crippen LogP contribution in [0.25, 0.3) is 5.78 Å². The van der Waals surface area contributed by atoms with Crippen LogP contribution in [0.5, 0.6) is 0 Å². The number of nitrogens with one attached hydrogen (secondary N) is 2. The molecule has 1 atom stereocenters. The minimum absolute atomic E-state index is 0.0407. The highest BCUT2D eigenvalue weighted by Crippen LogP contribution is 2.04. The molecule has 0 bridgehead atoms. The number of amides is 1. The maximum Gasteiger partial charge on any atom is 0.345 e. The normalized spacial score (nSPS) is 12.2. The monoisotopic (exact) mass is 346 g/mol. The smallest absolute Gasteiger partial charge is 0.345 e. The van der Waals surface area contributed by atoms with E-state index in [4.69, 9.17) is 0 Å². The number of anilines is 1. The molecule has 1 unspecified atom stereocenters. The maximum absolute atomic E-state index is 11.8. The van der Waals surface area contributed by atoms with Crippen LogP contribution in [-0.4, -0.2) is 58.9 Å². The molecule has 0 saturated carbocycles. The van der Waals surface area contributed by atoms with E-state index < -0.39 is 12.0 Å². The van der Waals surface area contributed by atoms with Gasteiger partial charge < -0.3 is 15.7 Å². The van der Waals surface area contributed by atoms with Crippen LogP contribution in [0.4, 0.5) is 5.82 Å². The average molecular weight is 346 g/mol. The van der Waals surface area contributed by atoms with Crippen molar-refractivity contribution in [2.75, 3.05) is 18.4 Å². The predicted octanol–water partition coefficient (Wildman–Crippen LogP) is -1.79. The number of hydrogen-bond acceptors (Lipinski definition) is 7. The molecule has 0 aliphatic heterocycles. The van der Waals surface area contributed by atoms with Crippen molar-refractivity contribution in [1.82, 2.24) is 34.0 Å². The number of hydrogen-bond donors (Lipinski definition) is 3. The highest BCUT2D eigenvalue weighted by Gasteiger charge is 2.10. The lowest BCUT2D eigenvalue weighted by Gasteiger charge is -2.13. The zero-order valence-electron chi connectivity index (χ0n) is 13.5. The zero-order valence-corrected chi connectivity index (χ0v) is 13.5. The summed E-state index contributed by atoms with van der Waals surface area (Å²) in [5.74, 6) is 0.717. The van der Waals surface area contributed by atoms with Gasteiger partial charge in [0.15, 0.2) is 0 Å². The molecule has 3 aromatic rings. The van der Waals surface area contributed by atoms with E-state index >= 15 is 0 Å². The van der Waals surface area contributed by atoms with E-state index in [0.29, 0.717) is 11.6 Å². The highest BCUT2D eigenvalue weighted by atomic mass is 16.3. The first kappa shape index (κ1) is 16.6. The molecule has 11 heteroatoms. The summed E-state index contributed by atoms with van der Waals surface area (Å²) >= 11 is 0. The Bertz CT molecular complexity index is 927. The van der Waals surface area contributed by atoms with Crippen molar-refractivity contribution in [2.24, 2.45) is 7.05 Å². The number of aliphatic hydroxyl groups excluding tert-OH is 1. The number of rotatable bonds is 7. The number of carbonyl (C=O) groups is 1. The summed E-state index contributed by atoms with van der Waals surface area (Å²) in [4.78, 5) is 31.7. The SMILES string of the molecule is Cn1cnn(CC(=O)NCC(O)CNc2ccn3ccnc3n2)c1=O. The third-order valence-electron chi connectivity index (χ3n) is 3.50. The summed E-state index contributed by atoms with van der Waals surface area (Å²) in [5, 5.41) is 19.3. The van der Waals surface area contributed by atoms with Gasteiger partial charge in [0.2, 0.25) is 11.7 Å². The second-order valence-electron chi connectivity index (χ2n) is 5.47. The lowest BCUT2D eigenvalue weighted by atomic mass is 10.3. The molecule has 0 radical (unpaired) electrons. The Labute approximate surface area is 141 Å². The number of carbonyl (C=O) groups excluding carboxylic acids is 1. The van der Waals surface area contributed by atoms with Crippen LogP contribution in [0.3, 0.4) is 0 Å². The molecular formula is C14H18N8O3. The molecular weight excluding hydrogens is 328 g/mol. The van der Waals surface area contributed by atoms with E-state index in [2.05, 4.69) is 25.7 Å². The van der Waals surface area contributed by atoms with Gasteiger partial charge in [-0.3, -0.25) is 13.8 Å². The Morgan fingerprint density at radius 2 is 2.20 bits per heavy atom. The zero-order chi connectivity index (χ0) is 17.8. The van der Waals surface area contributed by atoms with Gasteiger partial charge >= 0.3 is 5.69 Å². The van der Waals surface area contributed by atoms with Gasteiger partial charge in [-0.2, -0.15) is 10.1 Å². The minimum Gasteiger partial charge on any atom is -0.389 e. The summed E-state index contributed by atoms with van der Waals surface area (Å²) in [6.45, 7) is 0.0463. The standard InChI is InChI=1S/C14H18N8O3/c1-20-9-18-22(14(20)25)8-12(24)17-7-10(23)6-16-11-2-4-21-5-3-15-13(21)19-11/h2-5,9-10,23H,6-8H2,1H3,(H,17,24)(H,15,16,19). The first-order valence-electron chi connectivity index (χ1n) is 7.60. The molecule has 0 spiro atoms. The van der Waals surface area contributed by atoms with E-state index in [1.165, 1.54) is 10.9 Å². The second-order valence-corrected chi connectivity index (χ2v) is 5.47. The quantitative estimate of drug-likeness (QED) is 0.460. The Balaban J connectivity index is 1.44. The molecule has 0 aromatic carbocycles. The summed E-state index contributed by atoms with van der Waals surface area (Å²) in [7, 11) is 1.55. The van der Waals surface area contributed by atoms with E-state index in [1.54, 1.807) is 36.1 Å². The molecule has 3 aromatic heterocycles. The molecule has 25 heavy (non-hydrogen) atoms. The van der Waals surface area contributed by atoms with E-state index in [9.17, 15) is 14.7 Å². The van der Waals surface area contributed by atoms with Crippen molar-refractivity contribution in [3.05, 3.63) is 41.5 Å². The molecule has 3 N–H and O–H groups in total. The van der Waals surface area contributed by atoms with Gasteiger partial charge in [0, 0.05) is 38.7 Å². The van der Waals surface area contributed by atoms with Crippen LogP contribution >= 0.6 is 0 Å². The van der Waals surface area contributed by atoms with Crippen molar-refractivity contribution >= 4 is 17.5 Å². The predicted molar refractivity (Wildman–Crippen MR) is 88.0 cm³/mol. The third kappa shape index (κ3) is 4.01. The van der Waals surface area contributed by atoms with Gasteiger partial charge in [0.1, 0.15) is 18.7 Å². The molecule has 11 nitrogen and oxygen atoms in total. The van der Waals surface area contributed by atoms with Crippen LogP contribution in [0.15, 0.2) is 35.8 Å². The van der Waals surface area contributed by atoms with Gasteiger partial charge in [-0.05, 0) is 6.07 Å². The number of aliphatic hydroxyl groups is 1. The molecule has 0 aliphatic carbocycles. The topological polar surface area (TPSA) is 131 Å². The lowest BCUT2D eigenvalue weighted by Crippen LogP contribution is -2.39. The Morgan fingerprint density at radius 3 is 2.96 bits per heavy atom. The molecule has 0 aliphatic rings. The van der Waals surface area contributed by atoms with Crippen molar-refractivity contribution in [3.63, 3.8) is 0 Å². The lowest BCUT2D eigenvalue weighted by molar-refractivity contribution is -0.122. The number of fused-ring (bicyclic) bond motifs is 1. The van der Waals surface area contributed by atoms with Crippen LogP contribution in [0, 0.1) is 0 Å². The summed E-state index contributed by atoms with van der Waals surface area (Å²) in [5.41, 5.74) is -0.377. The largest absolute Gasteiger partial charge is 0.389 e. The molecule has 3 rings (SSSR count). The van der Waals surface area contributed by atoms with Gasteiger partial charge in [-0.25, -0.2) is 14.5 Å². The number of imidazole rings is 1. The first-order chi connectivity index (χ1) is 12.0. The van der Waals surface area contributed by atoms with Gasteiger partial charge in [0.25, 0.3) is 0 Å². The van der Waals surface area contributed by atoms with Crippen LogP contribution < -0.4 is 16.3 Å². The van der Waals surface area contributed by atoms with E-state index in [-0.39, 0.29) is 25.3 Å². The Hall–Kier alpha value is -3.21. The van der Waals surface area contributed by atoms with Gasteiger partial charge in [-0.1, -0.05) is 0 Å². The van der Waals surface area contributed by atoms with Crippen molar-refractivity contribution in [3.8, 4) is 0 Å². The van der Waals surface area contributed by atoms with Crippen LogP contribution in [-0.2, 0) is 18.4 Å². The van der Waals surface area contributed by atoms with Crippen molar-refractivity contribution < 1.29 is 9.90 Å². The van der Waals surface area contributed by atoms with E-state index in [0.717, 1.165) is 4.68 Å². The Morgan fingerprint density at radius 1 is 1.36 bits per heavy atom.